The van der Waals surface area contributed by atoms with Crippen LogP contribution in [-0.2, 0) is 9.53 Å². The lowest BCUT2D eigenvalue weighted by molar-refractivity contribution is -0.168. The van der Waals surface area contributed by atoms with E-state index < -0.39 is 5.82 Å². The summed E-state index contributed by atoms with van der Waals surface area (Å²) in [5.41, 5.74) is 0.674. The second kappa shape index (κ2) is 8.83. The fourth-order valence-corrected chi connectivity index (χ4v) is 6.19. The monoisotopic (exact) mass is 497 g/mol. The fraction of sp³-hybridized carbons (Fsp3) is 0.615. The number of amides is 2. The average molecular weight is 498 g/mol. The number of ether oxygens (including phenoxy) is 2. The van der Waals surface area contributed by atoms with Crippen molar-refractivity contribution in [2.45, 2.75) is 75.0 Å². The predicted molar refractivity (Wildman–Crippen MR) is 128 cm³/mol. The van der Waals surface area contributed by atoms with Crippen LogP contribution in [0.2, 0.25) is 0 Å². The number of aromatic nitrogens is 3. The Balaban J connectivity index is 1.09. The molecule has 9 nitrogen and oxygen atoms in total. The van der Waals surface area contributed by atoms with Gasteiger partial charge in [0.2, 0.25) is 11.8 Å². The van der Waals surface area contributed by atoms with Crippen LogP contribution in [0.25, 0.3) is 11.3 Å². The maximum atomic E-state index is 14.3. The Labute approximate surface area is 209 Å². The van der Waals surface area contributed by atoms with Crippen LogP contribution in [0.3, 0.4) is 0 Å². The number of carbonyl (C=O) groups is 2. The van der Waals surface area contributed by atoms with Gasteiger partial charge in [-0.2, -0.15) is 5.10 Å². The lowest BCUT2D eigenvalue weighted by atomic mass is 9.77. The van der Waals surface area contributed by atoms with Crippen molar-refractivity contribution in [1.82, 2.24) is 25.4 Å². The number of pyridine rings is 1. The zero-order chi connectivity index (χ0) is 24.9. The molecule has 10 heteroatoms. The number of hydrogen-bond donors (Lipinski definition) is 2. The van der Waals surface area contributed by atoms with Gasteiger partial charge in [-0.25, -0.2) is 9.37 Å². The molecular formula is C26H32FN5O4. The highest BCUT2D eigenvalue weighted by Crippen LogP contribution is 2.50. The largest absolute Gasteiger partial charge is 0.481 e. The molecule has 36 heavy (non-hydrogen) atoms. The molecule has 1 atom stereocenters. The molecule has 0 bridgehead atoms. The third-order valence-corrected chi connectivity index (χ3v) is 8.68. The third-order valence-electron chi connectivity index (χ3n) is 8.68. The van der Waals surface area contributed by atoms with Gasteiger partial charge < -0.3 is 19.7 Å². The summed E-state index contributed by atoms with van der Waals surface area (Å²) in [7, 11) is 1.46. The van der Waals surface area contributed by atoms with Crippen LogP contribution in [0.15, 0.2) is 18.3 Å². The minimum absolute atomic E-state index is 0.0829. The first-order valence-corrected chi connectivity index (χ1v) is 12.9. The molecule has 2 saturated carbocycles. The topological polar surface area (TPSA) is 109 Å². The number of carbonyl (C=O) groups excluding carboxylic acids is 2. The van der Waals surface area contributed by atoms with Gasteiger partial charge in [0.1, 0.15) is 0 Å². The molecule has 2 spiro atoms. The first-order valence-electron chi connectivity index (χ1n) is 12.9. The van der Waals surface area contributed by atoms with Crippen LogP contribution >= 0.6 is 0 Å². The number of aromatic amines is 1. The molecule has 0 radical (unpaired) electrons. The van der Waals surface area contributed by atoms with E-state index in [4.69, 9.17) is 9.47 Å². The van der Waals surface area contributed by atoms with Gasteiger partial charge in [0, 0.05) is 35.7 Å². The Hall–Kier alpha value is -3.01. The number of rotatable bonds is 5. The van der Waals surface area contributed by atoms with Gasteiger partial charge in [-0.1, -0.05) is 0 Å². The van der Waals surface area contributed by atoms with Gasteiger partial charge in [0.05, 0.1) is 31.2 Å². The van der Waals surface area contributed by atoms with Gasteiger partial charge >= 0.3 is 0 Å². The van der Waals surface area contributed by atoms with Crippen molar-refractivity contribution < 1.29 is 23.5 Å². The number of nitrogens with zero attached hydrogens (tertiary/aromatic N) is 3. The Morgan fingerprint density at radius 2 is 1.97 bits per heavy atom. The Morgan fingerprint density at radius 1 is 1.19 bits per heavy atom. The molecular weight excluding hydrogens is 465 g/mol. The van der Waals surface area contributed by atoms with Crippen LogP contribution in [-0.4, -0.2) is 69.3 Å². The van der Waals surface area contributed by atoms with Crippen LogP contribution < -0.4 is 10.1 Å². The zero-order valence-corrected chi connectivity index (χ0v) is 20.5. The summed E-state index contributed by atoms with van der Waals surface area (Å²) in [4.78, 5) is 32.2. The molecule has 2 aromatic heterocycles. The Bertz CT molecular complexity index is 1160. The van der Waals surface area contributed by atoms with E-state index >= 15 is 0 Å². The van der Waals surface area contributed by atoms with Crippen LogP contribution in [0.5, 0.6) is 5.88 Å². The standard InChI is InChI=1S/C26H32FN5O4/c1-35-22-12-18(19(27)15-28-22)20-13-21(31-30-20)24(34)32-10-4-16(14-25(32)7-8-25)23(33)29-17-2-5-26(6-3-17)9-11-36-26/h12-13,15-17H,2-11,14H2,1H3,(H,29,33)(H,30,31)/t16-,17-,26-/m0/s1. The maximum Gasteiger partial charge on any atom is 0.274 e. The van der Waals surface area contributed by atoms with Gasteiger partial charge in [-0.15, -0.1) is 0 Å². The molecule has 2 aliphatic heterocycles. The maximum absolute atomic E-state index is 14.3. The van der Waals surface area contributed by atoms with Gasteiger partial charge in [0.25, 0.3) is 5.91 Å². The highest BCUT2D eigenvalue weighted by Gasteiger charge is 2.55. The van der Waals surface area contributed by atoms with E-state index in [2.05, 4.69) is 20.5 Å². The predicted octanol–water partition coefficient (Wildman–Crippen LogP) is 3.22. The SMILES string of the molecule is COc1cc(-c2cc(C(=O)N3CC[C@H](C(=O)N[C@H]4CC[C@@]5(CCO5)CC4)CC34CC4)n[nH]2)c(F)cn1. The van der Waals surface area contributed by atoms with E-state index in [9.17, 15) is 14.0 Å². The van der Waals surface area contributed by atoms with Gasteiger partial charge in [0.15, 0.2) is 11.5 Å². The molecule has 0 aromatic carbocycles. The number of nitrogens with one attached hydrogen (secondary N) is 2. The number of H-pyrrole nitrogens is 1. The minimum Gasteiger partial charge on any atom is -0.481 e. The molecule has 192 valence electrons. The minimum atomic E-state index is -0.530. The zero-order valence-electron chi connectivity index (χ0n) is 20.5. The molecule has 2 saturated heterocycles. The van der Waals surface area contributed by atoms with Crippen molar-refractivity contribution in [2.75, 3.05) is 20.3 Å². The van der Waals surface area contributed by atoms with E-state index in [-0.39, 0.29) is 52.1 Å². The van der Waals surface area contributed by atoms with Crippen LogP contribution in [0.4, 0.5) is 4.39 Å². The fourth-order valence-electron chi connectivity index (χ4n) is 6.19. The van der Waals surface area contributed by atoms with Crippen LogP contribution in [0, 0.1) is 11.7 Å². The second-order valence-corrected chi connectivity index (χ2v) is 10.8. The quantitative estimate of drug-likeness (QED) is 0.657. The molecule has 2 N–H and O–H groups in total. The third kappa shape index (κ3) is 4.15. The number of halogens is 1. The van der Waals surface area contributed by atoms with Crippen molar-refractivity contribution in [1.29, 1.82) is 0 Å². The molecule has 2 amide bonds. The van der Waals surface area contributed by atoms with E-state index in [1.54, 1.807) is 6.07 Å². The van der Waals surface area contributed by atoms with Crippen molar-refractivity contribution in [3.05, 3.63) is 29.8 Å². The summed E-state index contributed by atoms with van der Waals surface area (Å²) >= 11 is 0. The molecule has 6 rings (SSSR count). The van der Waals surface area contributed by atoms with Crippen molar-refractivity contribution in [3.63, 3.8) is 0 Å². The summed E-state index contributed by atoms with van der Waals surface area (Å²) < 4.78 is 25.2. The van der Waals surface area contributed by atoms with Gasteiger partial charge in [-0.3, -0.25) is 14.7 Å². The van der Waals surface area contributed by atoms with Crippen molar-refractivity contribution in [3.8, 4) is 17.1 Å². The summed E-state index contributed by atoms with van der Waals surface area (Å²) in [6.07, 6.45) is 9.30. The summed E-state index contributed by atoms with van der Waals surface area (Å²) in [6, 6.07) is 3.25. The number of hydrogen-bond acceptors (Lipinski definition) is 6. The van der Waals surface area contributed by atoms with Crippen LogP contribution in [0.1, 0.15) is 68.3 Å². The lowest BCUT2D eigenvalue weighted by Gasteiger charge is -2.47. The smallest absolute Gasteiger partial charge is 0.274 e. The molecule has 4 aliphatic rings. The Kier molecular flexibility index (Phi) is 5.74. The number of methoxy groups -OCH3 is 1. The Morgan fingerprint density at radius 3 is 2.64 bits per heavy atom. The summed E-state index contributed by atoms with van der Waals surface area (Å²) in [6.45, 7) is 1.38. The molecule has 2 aromatic rings. The van der Waals surface area contributed by atoms with E-state index in [0.717, 1.165) is 57.7 Å². The molecule has 4 fully saturated rings. The second-order valence-electron chi connectivity index (χ2n) is 10.8. The van der Waals surface area contributed by atoms with Crippen molar-refractivity contribution >= 4 is 11.8 Å². The van der Waals surface area contributed by atoms with E-state index in [1.165, 1.54) is 13.2 Å². The average Bonchev–Trinajstić information content (AvgIpc) is 3.45. The van der Waals surface area contributed by atoms with E-state index in [1.807, 2.05) is 4.90 Å². The summed E-state index contributed by atoms with van der Waals surface area (Å²) in [5.74, 6) is -0.408. The summed E-state index contributed by atoms with van der Waals surface area (Å²) in [5, 5.41) is 10.2. The first-order chi connectivity index (χ1) is 17.4. The number of likely N-dealkylation sites (tertiary alicyclic amines) is 1. The lowest BCUT2D eigenvalue weighted by Crippen LogP contribution is -2.53. The van der Waals surface area contributed by atoms with E-state index in [0.29, 0.717) is 25.1 Å². The molecule has 0 unspecified atom stereocenters. The number of piperidine rings is 1. The van der Waals surface area contributed by atoms with Crippen molar-refractivity contribution in [2.24, 2.45) is 5.92 Å². The molecule has 4 heterocycles. The molecule has 2 aliphatic carbocycles. The highest BCUT2D eigenvalue weighted by atomic mass is 19.1. The first kappa shape index (κ1) is 23.4. The highest BCUT2D eigenvalue weighted by molar-refractivity contribution is 5.94. The normalized spacial score (nSPS) is 28.6. The van der Waals surface area contributed by atoms with Gasteiger partial charge in [-0.05, 0) is 63.9 Å².